The van der Waals surface area contributed by atoms with Crippen LogP contribution in [0.25, 0.3) is 0 Å². The highest BCUT2D eigenvalue weighted by molar-refractivity contribution is 5.85. The van der Waals surface area contributed by atoms with Gasteiger partial charge in [-0.25, -0.2) is 0 Å². The highest BCUT2D eigenvalue weighted by Gasteiger charge is 2.28. The van der Waals surface area contributed by atoms with Crippen LogP contribution in [-0.4, -0.2) is 29.9 Å². The summed E-state index contributed by atoms with van der Waals surface area (Å²) in [5.41, 5.74) is 5.99. The van der Waals surface area contributed by atoms with Crippen LogP contribution in [0.1, 0.15) is 40.5 Å². The summed E-state index contributed by atoms with van der Waals surface area (Å²) in [6.07, 6.45) is 1.60. The average molecular weight is 249 g/mol. The molecule has 3 nitrogen and oxygen atoms in total. The van der Waals surface area contributed by atoms with Gasteiger partial charge in [0.25, 0.3) is 0 Å². The summed E-state index contributed by atoms with van der Waals surface area (Å²) < 4.78 is 0. The minimum absolute atomic E-state index is 0. The Morgan fingerprint density at radius 3 is 2.44 bits per heavy atom. The molecule has 0 aliphatic carbocycles. The van der Waals surface area contributed by atoms with Gasteiger partial charge in [0.1, 0.15) is 0 Å². The van der Waals surface area contributed by atoms with Crippen LogP contribution in [-0.2, 0) is 4.79 Å². The fourth-order valence-corrected chi connectivity index (χ4v) is 1.71. The van der Waals surface area contributed by atoms with Gasteiger partial charge in [-0.1, -0.05) is 27.7 Å². The van der Waals surface area contributed by atoms with E-state index < -0.39 is 0 Å². The fraction of sp³-hybridized carbons (Fsp3) is 0.917. The maximum atomic E-state index is 11.9. The van der Waals surface area contributed by atoms with E-state index in [9.17, 15) is 4.79 Å². The standard InChI is InChI=1S/C12H24N2O.ClH/c1-9(12(2,3)4)7-11(15)14-6-5-10(13)8-14;/h9-10H,5-8,13H2,1-4H3;1H/t9?,10-;/m0./s1. The lowest BCUT2D eigenvalue weighted by Gasteiger charge is -2.28. The molecule has 1 aliphatic heterocycles. The summed E-state index contributed by atoms with van der Waals surface area (Å²) in [4.78, 5) is 13.8. The molecule has 1 heterocycles. The molecule has 0 aromatic heterocycles. The smallest absolute Gasteiger partial charge is 0.222 e. The minimum atomic E-state index is 0. The number of nitrogens with two attached hydrogens (primary N) is 1. The van der Waals surface area contributed by atoms with Gasteiger partial charge in [-0.15, -0.1) is 12.4 Å². The molecule has 0 saturated carbocycles. The Kier molecular flexibility index (Phi) is 5.77. The lowest BCUT2D eigenvalue weighted by atomic mass is 9.80. The Bertz CT molecular complexity index is 238. The van der Waals surface area contributed by atoms with Crippen LogP contribution in [0.5, 0.6) is 0 Å². The third-order valence-corrected chi connectivity index (χ3v) is 3.54. The molecule has 0 radical (unpaired) electrons. The van der Waals surface area contributed by atoms with Crippen molar-refractivity contribution in [3.05, 3.63) is 0 Å². The summed E-state index contributed by atoms with van der Waals surface area (Å²) in [5.74, 6) is 0.687. The van der Waals surface area contributed by atoms with Crippen LogP contribution in [0.15, 0.2) is 0 Å². The second kappa shape index (κ2) is 5.87. The maximum absolute atomic E-state index is 11.9. The van der Waals surface area contributed by atoms with Crippen LogP contribution >= 0.6 is 12.4 Å². The molecule has 1 aliphatic rings. The monoisotopic (exact) mass is 248 g/mol. The first kappa shape index (κ1) is 15.7. The molecule has 0 spiro atoms. The lowest BCUT2D eigenvalue weighted by Crippen LogP contribution is -2.34. The molecule has 2 atom stereocenters. The van der Waals surface area contributed by atoms with E-state index in [1.54, 1.807) is 0 Å². The molecular weight excluding hydrogens is 224 g/mol. The van der Waals surface area contributed by atoms with Crippen LogP contribution < -0.4 is 5.73 Å². The van der Waals surface area contributed by atoms with Crippen LogP contribution in [0.4, 0.5) is 0 Å². The predicted octanol–water partition coefficient (Wildman–Crippen LogP) is 2.04. The van der Waals surface area contributed by atoms with E-state index in [2.05, 4.69) is 27.7 Å². The van der Waals surface area contributed by atoms with E-state index in [1.807, 2.05) is 4.90 Å². The van der Waals surface area contributed by atoms with E-state index in [0.29, 0.717) is 12.3 Å². The Labute approximate surface area is 105 Å². The van der Waals surface area contributed by atoms with E-state index in [-0.39, 0.29) is 29.8 Å². The molecule has 0 aromatic rings. The molecule has 16 heavy (non-hydrogen) atoms. The van der Waals surface area contributed by atoms with Crippen molar-refractivity contribution in [3.8, 4) is 0 Å². The fourth-order valence-electron chi connectivity index (χ4n) is 1.71. The largest absolute Gasteiger partial charge is 0.341 e. The Morgan fingerprint density at radius 2 is 2.06 bits per heavy atom. The van der Waals surface area contributed by atoms with Crippen molar-refractivity contribution in [2.24, 2.45) is 17.1 Å². The summed E-state index contributed by atoms with van der Waals surface area (Å²) >= 11 is 0. The zero-order valence-electron chi connectivity index (χ0n) is 10.8. The van der Waals surface area contributed by atoms with Crippen molar-refractivity contribution in [1.29, 1.82) is 0 Å². The average Bonchev–Trinajstić information content (AvgIpc) is 2.50. The number of likely N-dealkylation sites (tertiary alicyclic amines) is 1. The number of halogens is 1. The van der Waals surface area contributed by atoms with Crippen molar-refractivity contribution < 1.29 is 4.79 Å². The number of nitrogens with zero attached hydrogens (tertiary/aromatic N) is 1. The number of hydrogen-bond acceptors (Lipinski definition) is 2. The van der Waals surface area contributed by atoms with Crippen LogP contribution in [0.3, 0.4) is 0 Å². The molecule has 2 N–H and O–H groups in total. The van der Waals surface area contributed by atoms with Crippen LogP contribution in [0, 0.1) is 11.3 Å². The Hall–Kier alpha value is -0.280. The third-order valence-electron chi connectivity index (χ3n) is 3.54. The Morgan fingerprint density at radius 1 is 1.50 bits per heavy atom. The topological polar surface area (TPSA) is 46.3 Å². The first-order valence-electron chi connectivity index (χ1n) is 5.84. The SMILES string of the molecule is CC(CC(=O)N1CC[C@H](N)C1)C(C)(C)C.Cl. The van der Waals surface area contributed by atoms with Gasteiger partial charge in [-0.3, -0.25) is 4.79 Å². The molecule has 0 aromatic carbocycles. The first-order valence-corrected chi connectivity index (χ1v) is 5.84. The highest BCUT2D eigenvalue weighted by atomic mass is 35.5. The zero-order valence-corrected chi connectivity index (χ0v) is 11.6. The molecule has 4 heteroatoms. The normalized spacial score (nSPS) is 22.8. The van der Waals surface area contributed by atoms with Gasteiger partial charge in [0.2, 0.25) is 5.91 Å². The van der Waals surface area contributed by atoms with Gasteiger partial charge in [0.15, 0.2) is 0 Å². The van der Waals surface area contributed by atoms with E-state index in [1.165, 1.54) is 0 Å². The molecule has 1 fully saturated rings. The van der Waals surface area contributed by atoms with Crippen molar-refractivity contribution in [2.75, 3.05) is 13.1 Å². The van der Waals surface area contributed by atoms with Crippen molar-refractivity contribution >= 4 is 18.3 Å². The van der Waals surface area contributed by atoms with E-state index in [4.69, 9.17) is 5.73 Å². The summed E-state index contributed by atoms with van der Waals surface area (Å²) in [6, 6.07) is 0.193. The number of amides is 1. The predicted molar refractivity (Wildman–Crippen MR) is 69.7 cm³/mol. The highest BCUT2D eigenvalue weighted by Crippen LogP contribution is 2.28. The summed E-state index contributed by atoms with van der Waals surface area (Å²) in [5, 5.41) is 0. The quantitative estimate of drug-likeness (QED) is 0.813. The van der Waals surface area contributed by atoms with Crippen molar-refractivity contribution in [3.63, 3.8) is 0 Å². The summed E-state index contributed by atoms with van der Waals surface area (Å²) in [7, 11) is 0. The number of carbonyl (C=O) groups is 1. The van der Waals surface area contributed by atoms with Crippen molar-refractivity contribution in [2.45, 2.75) is 46.6 Å². The van der Waals surface area contributed by atoms with Crippen molar-refractivity contribution in [1.82, 2.24) is 4.90 Å². The molecule has 1 rings (SSSR count). The lowest BCUT2D eigenvalue weighted by molar-refractivity contribution is -0.131. The number of carbonyl (C=O) groups excluding carboxylic acids is 1. The molecule has 96 valence electrons. The van der Waals surface area contributed by atoms with E-state index in [0.717, 1.165) is 19.5 Å². The van der Waals surface area contributed by atoms with E-state index >= 15 is 0 Å². The van der Waals surface area contributed by atoms with Gasteiger partial charge in [0, 0.05) is 25.6 Å². The zero-order chi connectivity index (χ0) is 11.6. The third kappa shape index (κ3) is 4.30. The summed E-state index contributed by atoms with van der Waals surface area (Å²) in [6.45, 7) is 10.3. The van der Waals surface area contributed by atoms with Gasteiger partial charge < -0.3 is 10.6 Å². The minimum Gasteiger partial charge on any atom is -0.341 e. The molecule has 1 saturated heterocycles. The first-order chi connectivity index (χ1) is 6.80. The van der Waals surface area contributed by atoms with Gasteiger partial charge in [-0.05, 0) is 17.8 Å². The molecule has 1 unspecified atom stereocenters. The second-order valence-electron chi connectivity index (χ2n) is 5.86. The van der Waals surface area contributed by atoms with Gasteiger partial charge >= 0.3 is 0 Å². The van der Waals surface area contributed by atoms with Gasteiger partial charge in [-0.2, -0.15) is 0 Å². The van der Waals surface area contributed by atoms with Crippen LogP contribution in [0.2, 0.25) is 0 Å². The number of hydrogen-bond donors (Lipinski definition) is 1. The number of rotatable bonds is 2. The second-order valence-corrected chi connectivity index (χ2v) is 5.86. The molecule has 0 bridgehead atoms. The Balaban J connectivity index is 0.00000225. The maximum Gasteiger partial charge on any atom is 0.222 e. The van der Waals surface area contributed by atoms with Gasteiger partial charge in [0.05, 0.1) is 0 Å². The molecular formula is C12H25ClN2O. The molecule has 1 amide bonds.